The first-order chi connectivity index (χ1) is 13.1. The van der Waals surface area contributed by atoms with Crippen LogP contribution in [0.5, 0.6) is 0 Å². The predicted molar refractivity (Wildman–Crippen MR) is 103 cm³/mol. The molecular formula is C22H18F3NS. The molecule has 0 aliphatic heterocycles. The number of hydrogen-bond donors (Lipinski definition) is 0. The average molecular weight is 385 g/mol. The monoisotopic (exact) mass is 385 g/mol. The number of halogens is 3. The minimum absolute atomic E-state index is 0.240. The van der Waals surface area contributed by atoms with Gasteiger partial charge < -0.3 is 0 Å². The summed E-state index contributed by atoms with van der Waals surface area (Å²) in [6.07, 6.45) is 6.31. The van der Waals surface area contributed by atoms with E-state index in [0.29, 0.717) is 16.1 Å². The minimum atomic E-state index is -0.963. The largest absolute Gasteiger partial charge is 0.236 e. The lowest BCUT2D eigenvalue weighted by Crippen LogP contribution is -1.89. The second kappa shape index (κ2) is 8.88. The van der Waals surface area contributed by atoms with E-state index >= 15 is 0 Å². The van der Waals surface area contributed by atoms with Gasteiger partial charge in [-0.3, -0.25) is 0 Å². The summed E-state index contributed by atoms with van der Waals surface area (Å²) < 4.78 is 40.7. The maximum Gasteiger partial charge on any atom is 0.167 e. The minimum Gasteiger partial charge on any atom is -0.236 e. The molecule has 0 atom stereocenters. The molecule has 0 aliphatic carbocycles. The highest BCUT2D eigenvalue weighted by atomic mass is 32.1. The number of rotatable bonds is 5. The molecule has 0 saturated heterocycles. The van der Waals surface area contributed by atoms with Crippen LogP contribution in [0, 0.1) is 29.3 Å². The van der Waals surface area contributed by atoms with E-state index in [2.05, 4.69) is 23.7 Å². The van der Waals surface area contributed by atoms with E-state index in [4.69, 9.17) is 0 Å². The highest BCUT2D eigenvalue weighted by Gasteiger charge is 2.07. The maximum absolute atomic E-state index is 14.3. The number of nitrogens with zero attached hydrogens (tertiary/aromatic N) is 1. The zero-order valence-electron chi connectivity index (χ0n) is 14.9. The Hall–Kier alpha value is -2.58. The number of unbranched alkanes of at least 4 members (excludes halogenated alkanes) is 2. The molecule has 0 bridgehead atoms. The van der Waals surface area contributed by atoms with Crippen LogP contribution >= 0.6 is 11.3 Å². The number of hydrogen-bond acceptors (Lipinski definition) is 2. The zero-order chi connectivity index (χ0) is 19.2. The second-order valence-electron chi connectivity index (χ2n) is 6.16. The van der Waals surface area contributed by atoms with Crippen molar-refractivity contribution in [2.75, 3.05) is 0 Å². The van der Waals surface area contributed by atoms with Crippen molar-refractivity contribution < 1.29 is 13.2 Å². The van der Waals surface area contributed by atoms with Gasteiger partial charge in [0.1, 0.15) is 5.82 Å². The van der Waals surface area contributed by atoms with E-state index in [-0.39, 0.29) is 5.56 Å². The van der Waals surface area contributed by atoms with Gasteiger partial charge in [0.05, 0.1) is 5.56 Å². The third-order valence-corrected chi connectivity index (χ3v) is 5.08. The first kappa shape index (κ1) is 19.2. The fourth-order valence-electron chi connectivity index (χ4n) is 2.62. The third-order valence-electron chi connectivity index (χ3n) is 4.11. The smallest absolute Gasteiger partial charge is 0.167 e. The molecule has 0 fully saturated rings. The Morgan fingerprint density at radius 2 is 1.63 bits per heavy atom. The van der Waals surface area contributed by atoms with Crippen LogP contribution in [0.3, 0.4) is 0 Å². The van der Waals surface area contributed by atoms with Crippen molar-refractivity contribution in [3.63, 3.8) is 0 Å². The lowest BCUT2D eigenvalue weighted by molar-refractivity contribution is 0.509. The molecule has 1 heterocycles. The van der Waals surface area contributed by atoms with E-state index in [0.717, 1.165) is 25.0 Å². The first-order valence-electron chi connectivity index (χ1n) is 8.78. The second-order valence-corrected chi connectivity index (χ2v) is 7.28. The Bertz CT molecular complexity index is 998. The Morgan fingerprint density at radius 3 is 2.33 bits per heavy atom. The quantitative estimate of drug-likeness (QED) is 0.368. The molecule has 3 rings (SSSR count). The molecule has 3 aromatic rings. The van der Waals surface area contributed by atoms with Crippen LogP contribution in [-0.4, -0.2) is 4.98 Å². The van der Waals surface area contributed by atoms with Gasteiger partial charge in [-0.05, 0) is 54.2 Å². The molecule has 0 aliphatic rings. The Kier molecular flexibility index (Phi) is 6.31. The summed E-state index contributed by atoms with van der Waals surface area (Å²) in [4.78, 5) is 5.45. The molecule has 0 saturated carbocycles. The van der Waals surface area contributed by atoms with Crippen molar-refractivity contribution in [2.24, 2.45) is 0 Å². The molecular weight excluding hydrogens is 367 g/mol. The van der Waals surface area contributed by atoms with E-state index < -0.39 is 17.5 Å². The number of aromatic nitrogens is 1. The van der Waals surface area contributed by atoms with Crippen LogP contribution in [-0.2, 0) is 6.42 Å². The van der Waals surface area contributed by atoms with Crippen LogP contribution in [0.1, 0.15) is 41.6 Å². The van der Waals surface area contributed by atoms with Gasteiger partial charge in [-0.1, -0.05) is 37.8 Å². The number of thiazole rings is 1. The number of benzene rings is 2. The van der Waals surface area contributed by atoms with Crippen molar-refractivity contribution in [1.29, 1.82) is 0 Å². The van der Waals surface area contributed by atoms with E-state index in [1.54, 1.807) is 6.07 Å². The van der Waals surface area contributed by atoms with Crippen LogP contribution in [0.25, 0.3) is 11.1 Å². The maximum atomic E-state index is 14.3. The summed E-state index contributed by atoms with van der Waals surface area (Å²) in [6, 6.07) is 7.93. The molecule has 2 aromatic carbocycles. The van der Waals surface area contributed by atoms with Gasteiger partial charge in [-0.15, -0.1) is 11.3 Å². The van der Waals surface area contributed by atoms with Gasteiger partial charge in [0.2, 0.25) is 0 Å². The standard InChI is InChI=1S/C22H18F3NS/c1-2-3-4-5-18-14-26-22(27-18)11-9-15-6-7-16(12-20(15)24)17-8-10-19(23)21(25)13-17/h6-8,10,12-14H,2-5H2,1H3. The van der Waals surface area contributed by atoms with Gasteiger partial charge >= 0.3 is 0 Å². The highest BCUT2D eigenvalue weighted by Crippen LogP contribution is 2.24. The lowest BCUT2D eigenvalue weighted by atomic mass is 10.0. The predicted octanol–water partition coefficient (Wildman–Crippen LogP) is 6.36. The molecule has 5 heteroatoms. The molecule has 27 heavy (non-hydrogen) atoms. The SMILES string of the molecule is CCCCCc1cnc(C#Cc2ccc(-c3ccc(F)c(F)c3)cc2F)s1. The molecule has 1 aromatic heterocycles. The summed E-state index contributed by atoms with van der Waals surface area (Å²) in [5.41, 5.74) is 1.11. The molecule has 0 spiro atoms. The topological polar surface area (TPSA) is 12.9 Å². The van der Waals surface area contributed by atoms with E-state index in [1.165, 1.54) is 47.3 Å². The van der Waals surface area contributed by atoms with Crippen molar-refractivity contribution >= 4 is 11.3 Å². The zero-order valence-corrected chi connectivity index (χ0v) is 15.7. The van der Waals surface area contributed by atoms with Gasteiger partial charge in [-0.25, -0.2) is 18.2 Å². The van der Waals surface area contributed by atoms with Crippen molar-refractivity contribution in [1.82, 2.24) is 4.98 Å². The molecule has 0 radical (unpaired) electrons. The van der Waals surface area contributed by atoms with Crippen molar-refractivity contribution in [3.05, 3.63) is 75.5 Å². The fraction of sp³-hybridized carbons (Fsp3) is 0.227. The average Bonchev–Trinajstić information content (AvgIpc) is 3.11. The van der Waals surface area contributed by atoms with E-state index in [9.17, 15) is 13.2 Å². The summed E-state index contributed by atoms with van der Waals surface area (Å²) in [5.74, 6) is 3.29. The Morgan fingerprint density at radius 1 is 0.889 bits per heavy atom. The van der Waals surface area contributed by atoms with Gasteiger partial charge in [0.15, 0.2) is 16.6 Å². The fourth-order valence-corrected chi connectivity index (χ4v) is 3.43. The van der Waals surface area contributed by atoms with Crippen molar-refractivity contribution in [2.45, 2.75) is 32.6 Å². The molecule has 0 N–H and O–H groups in total. The summed E-state index contributed by atoms with van der Waals surface area (Å²) >= 11 is 1.53. The van der Waals surface area contributed by atoms with Gasteiger partial charge in [-0.2, -0.15) is 0 Å². The normalized spacial score (nSPS) is 10.5. The molecule has 138 valence electrons. The van der Waals surface area contributed by atoms with E-state index in [1.807, 2.05) is 6.20 Å². The third kappa shape index (κ3) is 4.99. The van der Waals surface area contributed by atoms with Crippen molar-refractivity contribution in [3.8, 4) is 23.0 Å². The van der Waals surface area contributed by atoms with Gasteiger partial charge in [0, 0.05) is 11.1 Å². The summed E-state index contributed by atoms with van der Waals surface area (Å²) in [7, 11) is 0. The summed E-state index contributed by atoms with van der Waals surface area (Å²) in [6.45, 7) is 2.16. The lowest BCUT2D eigenvalue weighted by Gasteiger charge is -2.04. The summed E-state index contributed by atoms with van der Waals surface area (Å²) in [5, 5.41) is 0.658. The Labute approximate surface area is 160 Å². The van der Waals surface area contributed by atoms with Gasteiger partial charge in [0.25, 0.3) is 0 Å². The van der Waals surface area contributed by atoms with Crippen LogP contribution in [0.15, 0.2) is 42.6 Å². The molecule has 0 amide bonds. The molecule has 0 unspecified atom stereocenters. The van der Waals surface area contributed by atoms with Crippen LogP contribution in [0.2, 0.25) is 0 Å². The Balaban J connectivity index is 1.75. The highest BCUT2D eigenvalue weighted by molar-refractivity contribution is 7.12. The number of aryl methyl sites for hydroxylation is 1. The first-order valence-corrected chi connectivity index (χ1v) is 9.60. The van der Waals surface area contributed by atoms with Crippen LogP contribution in [0.4, 0.5) is 13.2 Å². The molecule has 1 nitrogen and oxygen atoms in total. The van der Waals surface area contributed by atoms with Crippen LogP contribution < -0.4 is 0 Å².